The molecule has 0 atom stereocenters. The van der Waals surface area contributed by atoms with Crippen molar-refractivity contribution in [2.24, 2.45) is 0 Å². The minimum absolute atomic E-state index is 0.294. The number of fused-ring (bicyclic) bond motifs is 3. The molecule has 0 N–H and O–H groups in total. The Bertz CT molecular complexity index is 868. The third-order valence-electron chi connectivity index (χ3n) is 3.90. The first-order chi connectivity index (χ1) is 11.6. The summed E-state index contributed by atoms with van der Waals surface area (Å²) >= 11 is 0. The first-order valence-corrected chi connectivity index (χ1v) is 8.09. The van der Waals surface area contributed by atoms with Crippen molar-refractivity contribution in [2.45, 2.75) is 6.92 Å². The van der Waals surface area contributed by atoms with E-state index in [0.717, 1.165) is 28.7 Å². The molecule has 2 heterocycles. The van der Waals surface area contributed by atoms with Gasteiger partial charge in [0.05, 0.1) is 29.4 Å². The molecule has 0 unspecified atom stereocenters. The topological polar surface area (TPSA) is 43.2 Å². The van der Waals surface area contributed by atoms with Crippen molar-refractivity contribution in [3.05, 3.63) is 48.2 Å². The Morgan fingerprint density at radius 1 is 1.12 bits per heavy atom. The van der Waals surface area contributed by atoms with Crippen LogP contribution in [0.2, 0.25) is 0 Å². The van der Waals surface area contributed by atoms with Crippen molar-refractivity contribution in [1.82, 2.24) is 9.30 Å². The maximum Gasteiger partial charge on any atom is 0.340 e. The first kappa shape index (κ1) is 16.3. The maximum absolute atomic E-state index is 12.4. The Kier molecular flexibility index (Phi) is 4.71. The van der Waals surface area contributed by atoms with Gasteiger partial charge in [0.25, 0.3) is 0 Å². The van der Waals surface area contributed by atoms with Crippen LogP contribution in [0.4, 0.5) is 0 Å². The zero-order chi connectivity index (χ0) is 17.1. The quantitative estimate of drug-likeness (QED) is 0.653. The fourth-order valence-electron chi connectivity index (χ4n) is 2.77. The van der Waals surface area contributed by atoms with E-state index >= 15 is 0 Å². The largest absolute Gasteiger partial charge is 0.491 e. The van der Waals surface area contributed by atoms with Crippen LogP contribution in [0, 0.1) is 0 Å². The molecular formula is C19H22N2O3. The molecule has 2 aromatic heterocycles. The molecule has 3 aromatic rings. The molecule has 0 amide bonds. The standard InChI is InChI=1S/C19H22N2O3/c1-4-23-19(22)18-15-7-5-6-8-16(15)21-13-14(9-10-17(18)21)24-12-11-20(2)3/h5-10,13H,4,11-12H2,1-3H3. The number of benzene rings is 1. The lowest BCUT2D eigenvalue weighted by Crippen LogP contribution is -2.19. The zero-order valence-corrected chi connectivity index (χ0v) is 14.3. The molecule has 0 radical (unpaired) electrons. The van der Waals surface area contributed by atoms with E-state index in [-0.39, 0.29) is 5.97 Å². The van der Waals surface area contributed by atoms with Gasteiger partial charge in [0.1, 0.15) is 12.4 Å². The molecule has 0 aliphatic heterocycles. The second-order valence-electron chi connectivity index (χ2n) is 5.88. The number of carbonyl (C=O) groups is 1. The fraction of sp³-hybridized carbons (Fsp3) is 0.316. The van der Waals surface area contributed by atoms with Gasteiger partial charge in [0.15, 0.2) is 0 Å². The van der Waals surface area contributed by atoms with Gasteiger partial charge in [-0.2, -0.15) is 0 Å². The molecule has 3 rings (SSSR count). The van der Waals surface area contributed by atoms with Crippen LogP contribution in [-0.2, 0) is 4.74 Å². The number of carbonyl (C=O) groups excluding carboxylic acids is 1. The molecule has 24 heavy (non-hydrogen) atoms. The summed E-state index contributed by atoms with van der Waals surface area (Å²) in [5, 5.41) is 0.890. The summed E-state index contributed by atoms with van der Waals surface area (Å²) in [7, 11) is 4.02. The van der Waals surface area contributed by atoms with E-state index in [9.17, 15) is 4.79 Å². The number of aromatic nitrogens is 1. The highest BCUT2D eigenvalue weighted by Gasteiger charge is 2.19. The SMILES string of the molecule is CCOC(=O)c1c2ccccc2n2cc(OCCN(C)C)ccc12. The molecule has 0 spiro atoms. The van der Waals surface area contributed by atoms with Crippen LogP contribution in [0.3, 0.4) is 0 Å². The van der Waals surface area contributed by atoms with Gasteiger partial charge in [0.2, 0.25) is 0 Å². The van der Waals surface area contributed by atoms with Crippen LogP contribution in [0.5, 0.6) is 5.75 Å². The first-order valence-electron chi connectivity index (χ1n) is 8.09. The lowest BCUT2D eigenvalue weighted by atomic mass is 10.1. The Labute approximate surface area is 141 Å². The average Bonchev–Trinajstić information content (AvgIpc) is 2.89. The summed E-state index contributed by atoms with van der Waals surface area (Å²) < 4.78 is 13.0. The lowest BCUT2D eigenvalue weighted by Gasteiger charge is -2.11. The van der Waals surface area contributed by atoms with Crippen LogP contribution in [0.25, 0.3) is 16.4 Å². The number of ether oxygens (including phenoxy) is 2. The monoisotopic (exact) mass is 326 g/mol. The van der Waals surface area contributed by atoms with Gasteiger partial charge < -0.3 is 18.8 Å². The van der Waals surface area contributed by atoms with E-state index in [4.69, 9.17) is 9.47 Å². The van der Waals surface area contributed by atoms with E-state index in [2.05, 4.69) is 4.90 Å². The minimum Gasteiger partial charge on any atom is -0.491 e. The number of rotatable bonds is 6. The van der Waals surface area contributed by atoms with Gasteiger partial charge >= 0.3 is 5.97 Å². The van der Waals surface area contributed by atoms with Gasteiger partial charge in [-0.15, -0.1) is 0 Å². The number of likely N-dealkylation sites (N-methyl/N-ethyl adjacent to an activating group) is 1. The maximum atomic E-state index is 12.4. The normalized spacial score (nSPS) is 11.3. The minimum atomic E-state index is -0.294. The highest BCUT2D eigenvalue weighted by Crippen LogP contribution is 2.29. The third-order valence-corrected chi connectivity index (χ3v) is 3.90. The molecule has 0 aliphatic rings. The van der Waals surface area contributed by atoms with Crippen LogP contribution in [0.1, 0.15) is 17.3 Å². The van der Waals surface area contributed by atoms with E-state index < -0.39 is 0 Å². The van der Waals surface area contributed by atoms with E-state index in [1.54, 1.807) is 0 Å². The number of hydrogen-bond donors (Lipinski definition) is 0. The molecule has 5 nitrogen and oxygen atoms in total. The van der Waals surface area contributed by atoms with Gasteiger partial charge in [-0.25, -0.2) is 4.79 Å². The molecule has 0 fully saturated rings. The zero-order valence-electron chi connectivity index (χ0n) is 14.3. The molecular weight excluding hydrogens is 304 g/mol. The summed E-state index contributed by atoms with van der Waals surface area (Å²) in [5.41, 5.74) is 2.40. The van der Waals surface area contributed by atoms with Gasteiger partial charge in [-0.1, -0.05) is 18.2 Å². The van der Waals surface area contributed by atoms with Crippen LogP contribution in [-0.4, -0.2) is 49.1 Å². The third kappa shape index (κ3) is 3.08. The van der Waals surface area contributed by atoms with Crippen molar-refractivity contribution in [3.63, 3.8) is 0 Å². The molecule has 0 saturated carbocycles. The van der Waals surface area contributed by atoms with Crippen LogP contribution in [0.15, 0.2) is 42.6 Å². The highest BCUT2D eigenvalue weighted by molar-refractivity contribution is 6.11. The number of nitrogens with zero attached hydrogens (tertiary/aromatic N) is 2. The van der Waals surface area contributed by atoms with E-state index in [0.29, 0.717) is 18.8 Å². The van der Waals surface area contributed by atoms with Gasteiger partial charge in [-0.05, 0) is 39.2 Å². The molecule has 0 bridgehead atoms. The fourth-order valence-corrected chi connectivity index (χ4v) is 2.77. The van der Waals surface area contributed by atoms with Gasteiger partial charge in [-0.3, -0.25) is 0 Å². The number of para-hydroxylation sites is 1. The Balaban J connectivity index is 2.06. The smallest absolute Gasteiger partial charge is 0.340 e. The second-order valence-corrected chi connectivity index (χ2v) is 5.88. The summed E-state index contributed by atoms with van der Waals surface area (Å²) in [4.78, 5) is 14.5. The van der Waals surface area contributed by atoms with Crippen LogP contribution >= 0.6 is 0 Å². The summed E-state index contributed by atoms with van der Waals surface area (Å²) in [5.74, 6) is 0.484. The summed E-state index contributed by atoms with van der Waals surface area (Å²) in [6.45, 7) is 3.63. The molecule has 0 aliphatic carbocycles. The van der Waals surface area contributed by atoms with Crippen molar-refractivity contribution in [2.75, 3.05) is 33.9 Å². The predicted molar refractivity (Wildman–Crippen MR) is 94.9 cm³/mol. The average molecular weight is 326 g/mol. The number of pyridine rings is 1. The van der Waals surface area contributed by atoms with Gasteiger partial charge in [0, 0.05) is 11.9 Å². The summed E-state index contributed by atoms with van der Waals surface area (Å²) in [6, 6.07) is 11.6. The Morgan fingerprint density at radius 2 is 1.92 bits per heavy atom. The number of esters is 1. The second kappa shape index (κ2) is 6.93. The van der Waals surface area contributed by atoms with E-state index in [1.165, 1.54) is 0 Å². The molecule has 5 heteroatoms. The molecule has 1 aromatic carbocycles. The predicted octanol–water partition coefficient (Wildman–Crippen LogP) is 3.21. The summed E-state index contributed by atoms with van der Waals surface area (Å²) in [6.07, 6.45) is 1.93. The van der Waals surface area contributed by atoms with Crippen LogP contribution < -0.4 is 4.74 Å². The molecule has 126 valence electrons. The van der Waals surface area contributed by atoms with E-state index in [1.807, 2.05) is 68.0 Å². The van der Waals surface area contributed by atoms with Crippen molar-refractivity contribution in [1.29, 1.82) is 0 Å². The Hall–Kier alpha value is -2.53. The van der Waals surface area contributed by atoms with Crippen molar-refractivity contribution >= 4 is 22.4 Å². The number of hydrogen-bond acceptors (Lipinski definition) is 4. The lowest BCUT2D eigenvalue weighted by molar-refractivity contribution is 0.0531. The van der Waals surface area contributed by atoms with Crippen molar-refractivity contribution < 1.29 is 14.3 Å². The Morgan fingerprint density at radius 3 is 2.67 bits per heavy atom. The van der Waals surface area contributed by atoms with Crippen molar-refractivity contribution in [3.8, 4) is 5.75 Å². The molecule has 0 saturated heterocycles. The highest BCUT2D eigenvalue weighted by atomic mass is 16.5.